The summed E-state index contributed by atoms with van der Waals surface area (Å²) >= 11 is 1.75. The summed E-state index contributed by atoms with van der Waals surface area (Å²) in [7, 11) is 2.14. The summed E-state index contributed by atoms with van der Waals surface area (Å²) in [5.74, 6) is 0. The second-order valence-corrected chi connectivity index (χ2v) is 5.21. The molecule has 0 radical (unpaired) electrons. The third-order valence-corrected chi connectivity index (χ3v) is 3.69. The molecule has 2 rings (SSSR count). The van der Waals surface area contributed by atoms with E-state index in [1.54, 1.807) is 11.3 Å². The van der Waals surface area contributed by atoms with Crippen molar-refractivity contribution in [3.05, 3.63) is 52.2 Å². The van der Waals surface area contributed by atoms with Crippen molar-refractivity contribution < 1.29 is 0 Å². The molecule has 18 heavy (non-hydrogen) atoms. The minimum Gasteiger partial charge on any atom is -0.370 e. The Hall–Kier alpha value is -1.32. The highest BCUT2D eigenvalue weighted by molar-refractivity contribution is 7.07. The molecule has 0 aliphatic heterocycles. The Morgan fingerprint density at radius 2 is 1.89 bits per heavy atom. The van der Waals surface area contributed by atoms with Crippen LogP contribution in [0.2, 0.25) is 0 Å². The summed E-state index contributed by atoms with van der Waals surface area (Å²) in [4.78, 5) is 2.28. The number of hydrogen-bond donors (Lipinski definition) is 1. The number of nitrogens with one attached hydrogen (secondary N) is 1. The van der Waals surface area contributed by atoms with Crippen LogP contribution >= 0.6 is 11.3 Å². The molecule has 1 aromatic carbocycles. The van der Waals surface area contributed by atoms with Gasteiger partial charge in [0, 0.05) is 25.8 Å². The minimum absolute atomic E-state index is 0.949. The minimum atomic E-state index is 0.949. The van der Waals surface area contributed by atoms with E-state index >= 15 is 0 Å². The predicted molar refractivity (Wildman–Crippen MR) is 80.2 cm³/mol. The second kappa shape index (κ2) is 6.57. The monoisotopic (exact) mass is 260 g/mol. The van der Waals surface area contributed by atoms with Crippen LogP contribution in [0.15, 0.2) is 41.1 Å². The van der Waals surface area contributed by atoms with Gasteiger partial charge in [-0.15, -0.1) is 0 Å². The Morgan fingerprint density at radius 1 is 1.11 bits per heavy atom. The van der Waals surface area contributed by atoms with E-state index in [-0.39, 0.29) is 0 Å². The third kappa shape index (κ3) is 3.59. The molecule has 0 bridgehead atoms. The predicted octanol–water partition coefficient (Wildman–Crippen LogP) is 3.49. The van der Waals surface area contributed by atoms with Gasteiger partial charge in [0.1, 0.15) is 0 Å². The molecule has 1 N–H and O–H groups in total. The number of hydrogen-bond acceptors (Lipinski definition) is 3. The van der Waals surface area contributed by atoms with Crippen LogP contribution in [-0.2, 0) is 13.1 Å². The number of benzene rings is 1. The Balaban J connectivity index is 1.96. The van der Waals surface area contributed by atoms with Crippen molar-refractivity contribution in [2.45, 2.75) is 20.0 Å². The van der Waals surface area contributed by atoms with Crippen molar-refractivity contribution in [2.24, 2.45) is 0 Å². The van der Waals surface area contributed by atoms with Gasteiger partial charge in [0.25, 0.3) is 0 Å². The van der Waals surface area contributed by atoms with Crippen LogP contribution < -0.4 is 10.2 Å². The van der Waals surface area contributed by atoms with Gasteiger partial charge in [-0.25, -0.2) is 0 Å². The van der Waals surface area contributed by atoms with Crippen molar-refractivity contribution in [3.8, 4) is 0 Å². The maximum Gasteiger partial charge on any atom is 0.0434 e. The average Bonchev–Trinajstić information content (AvgIpc) is 2.89. The number of rotatable bonds is 6. The van der Waals surface area contributed by atoms with Gasteiger partial charge in [-0.05, 0) is 46.6 Å². The van der Waals surface area contributed by atoms with E-state index in [9.17, 15) is 0 Å². The molecule has 0 spiro atoms. The molecule has 0 saturated carbocycles. The number of anilines is 1. The summed E-state index contributed by atoms with van der Waals surface area (Å²) in [6.45, 7) is 5.06. The lowest BCUT2D eigenvalue weighted by Gasteiger charge is -2.19. The highest BCUT2D eigenvalue weighted by Crippen LogP contribution is 2.17. The Kier molecular flexibility index (Phi) is 4.79. The average molecular weight is 260 g/mol. The summed E-state index contributed by atoms with van der Waals surface area (Å²) in [6, 6.07) is 11.0. The summed E-state index contributed by atoms with van der Waals surface area (Å²) in [5, 5.41) is 7.67. The zero-order valence-electron chi connectivity index (χ0n) is 11.0. The first-order chi connectivity index (χ1) is 8.79. The SMILES string of the molecule is CCNCc1ccc(N(C)Cc2ccsc2)cc1. The summed E-state index contributed by atoms with van der Waals surface area (Å²) in [6.07, 6.45) is 0. The molecule has 0 unspecified atom stereocenters. The molecule has 96 valence electrons. The molecule has 2 aromatic rings. The smallest absolute Gasteiger partial charge is 0.0434 e. The van der Waals surface area contributed by atoms with Crippen molar-refractivity contribution in [3.63, 3.8) is 0 Å². The normalized spacial score (nSPS) is 10.6. The molecule has 0 aliphatic rings. The molecule has 0 saturated heterocycles. The van der Waals surface area contributed by atoms with Crippen LogP contribution in [0.1, 0.15) is 18.1 Å². The van der Waals surface area contributed by atoms with Crippen LogP contribution in [-0.4, -0.2) is 13.6 Å². The Morgan fingerprint density at radius 3 is 2.50 bits per heavy atom. The van der Waals surface area contributed by atoms with Crippen molar-refractivity contribution in [1.82, 2.24) is 5.32 Å². The molecule has 0 fully saturated rings. The topological polar surface area (TPSA) is 15.3 Å². The van der Waals surface area contributed by atoms with Crippen LogP contribution in [0.25, 0.3) is 0 Å². The maximum atomic E-state index is 3.34. The van der Waals surface area contributed by atoms with Crippen LogP contribution in [0, 0.1) is 0 Å². The van der Waals surface area contributed by atoms with Crippen LogP contribution in [0.4, 0.5) is 5.69 Å². The number of thiophene rings is 1. The first-order valence-electron chi connectivity index (χ1n) is 6.31. The maximum absolute atomic E-state index is 3.34. The quantitative estimate of drug-likeness (QED) is 0.855. The third-order valence-electron chi connectivity index (χ3n) is 2.96. The largest absolute Gasteiger partial charge is 0.370 e. The molecule has 0 atom stereocenters. The van der Waals surface area contributed by atoms with Gasteiger partial charge >= 0.3 is 0 Å². The number of nitrogens with zero attached hydrogens (tertiary/aromatic N) is 1. The highest BCUT2D eigenvalue weighted by atomic mass is 32.1. The van der Waals surface area contributed by atoms with Gasteiger partial charge in [0.05, 0.1) is 0 Å². The summed E-state index contributed by atoms with van der Waals surface area (Å²) < 4.78 is 0. The van der Waals surface area contributed by atoms with E-state index in [0.29, 0.717) is 0 Å². The highest BCUT2D eigenvalue weighted by Gasteiger charge is 2.02. The first-order valence-corrected chi connectivity index (χ1v) is 7.25. The molecule has 0 amide bonds. The van der Waals surface area contributed by atoms with E-state index in [1.165, 1.54) is 16.8 Å². The fourth-order valence-electron chi connectivity index (χ4n) is 1.89. The van der Waals surface area contributed by atoms with Crippen molar-refractivity contribution in [1.29, 1.82) is 0 Å². The fraction of sp³-hybridized carbons (Fsp3) is 0.333. The van der Waals surface area contributed by atoms with E-state index in [4.69, 9.17) is 0 Å². The standard InChI is InChI=1S/C15H20N2S/c1-3-16-10-13-4-6-15(7-5-13)17(2)11-14-8-9-18-12-14/h4-9,12,16H,3,10-11H2,1-2H3. The van der Waals surface area contributed by atoms with E-state index in [2.05, 4.69) is 65.3 Å². The van der Waals surface area contributed by atoms with Gasteiger partial charge < -0.3 is 10.2 Å². The van der Waals surface area contributed by atoms with Crippen molar-refractivity contribution in [2.75, 3.05) is 18.5 Å². The molecule has 1 aromatic heterocycles. The van der Waals surface area contributed by atoms with Gasteiger partial charge in [0.2, 0.25) is 0 Å². The van der Waals surface area contributed by atoms with Gasteiger partial charge in [-0.3, -0.25) is 0 Å². The van der Waals surface area contributed by atoms with Gasteiger partial charge in [-0.1, -0.05) is 19.1 Å². The molecular formula is C15H20N2S. The molecule has 1 heterocycles. The van der Waals surface area contributed by atoms with Crippen LogP contribution in [0.3, 0.4) is 0 Å². The molecular weight excluding hydrogens is 240 g/mol. The lowest BCUT2D eigenvalue weighted by molar-refractivity contribution is 0.726. The lowest BCUT2D eigenvalue weighted by Crippen LogP contribution is -2.16. The van der Waals surface area contributed by atoms with E-state index < -0.39 is 0 Å². The lowest BCUT2D eigenvalue weighted by atomic mass is 10.2. The van der Waals surface area contributed by atoms with Gasteiger partial charge in [0.15, 0.2) is 0 Å². The van der Waals surface area contributed by atoms with E-state index in [0.717, 1.165) is 19.6 Å². The fourth-order valence-corrected chi connectivity index (χ4v) is 2.55. The van der Waals surface area contributed by atoms with E-state index in [1.807, 2.05) is 0 Å². The first kappa shape index (κ1) is 13.1. The Labute approximate surface area is 113 Å². The Bertz CT molecular complexity index is 448. The zero-order valence-corrected chi connectivity index (χ0v) is 11.8. The second-order valence-electron chi connectivity index (χ2n) is 4.43. The molecule has 0 aliphatic carbocycles. The van der Waals surface area contributed by atoms with Crippen LogP contribution in [0.5, 0.6) is 0 Å². The summed E-state index contributed by atoms with van der Waals surface area (Å²) in [5.41, 5.74) is 3.98. The zero-order chi connectivity index (χ0) is 12.8. The van der Waals surface area contributed by atoms with Crippen molar-refractivity contribution >= 4 is 17.0 Å². The van der Waals surface area contributed by atoms with Gasteiger partial charge in [-0.2, -0.15) is 11.3 Å². The molecule has 2 nitrogen and oxygen atoms in total. The molecule has 3 heteroatoms.